The van der Waals surface area contributed by atoms with Gasteiger partial charge in [0.15, 0.2) is 0 Å². The van der Waals surface area contributed by atoms with Gasteiger partial charge in [-0.3, -0.25) is 4.79 Å². The first-order chi connectivity index (χ1) is 4.93. The number of carbonyl (C=O) groups is 1. The fourth-order valence-electron chi connectivity index (χ4n) is 1.48. The maximum absolute atomic E-state index is 11.4. The zero-order valence-electron chi connectivity index (χ0n) is 7.55. The van der Waals surface area contributed by atoms with Crippen molar-refractivity contribution in [2.75, 3.05) is 0 Å². The second-order valence-corrected chi connectivity index (χ2v) is 4.39. The van der Waals surface area contributed by atoms with Crippen LogP contribution in [0.1, 0.15) is 33.6 Å². The van der Waals surface area contributed by atoms with Gasteiger partial charge < -0.3 is 5.73 Å². The third-order valence-electron chi connectivity index (χ3n) is 2.43. The molecule has 0 heterocycles. The van der Waals surface area contributed by atoms with Crippen LogP contribution in [0.5, 0.6) is 0 Å². The van der Waals surface area contributed by atoms with E-state index in [4.69, 9.17) is 5.73 Å². The van der Waals surface area contributed by atoms with Crippen molar-refractivity contribution in [1.82, 2.24) is 0 Å². The highest BCUT2D eigenvalue weighted by Crippen LogP contribution is 2.52. The SMILES string of the molecule is CC(N)CC(=O)C1CC1(C)C. The Hall–Kier alpha value is -0.370. The van der Waals surface area contributed by atoms with Crippen molar-refractivity contribution in [2.24, 2.45) is 17.1 Å². The normalized spacial score (nSPS) is 29.6. The third-order valence-corrected chi connectivity index (χ3v) is 2.43. The molecule has 1 rings (SSSR count). The van der Waals surface area contributed by atoms with E-state index >= 15 is 0 Å². The molecule has 11 heavy (non-hydrogen) atoms. The van der Waals surface area contributed by atoms with Crippen LogP contribution < -0.4 is 5.73 Å². The summed E-state index contributed by atoms with van der Waals surface area (Å²) in [5.41, 5.74) is 5.80. The van der Waals surface area contributed by atoms with E-state index in [-0.39, 0.29) is 11.5 Å². The molecular weight excluding hydrogens is 138 g/mol. The highest BCUT2D eigenvalue weighted by molar-refractivity contribution is 5.84. The van der Waals surface area contributed by atoms with Gasteiger partial charge in [0.25, 0.3) is 0 Å². The first-order valence-electron chi connectivity index (χ1n) is 4.22. The molecule has 0 radical (unpaired) electrons. The summed E-state index contributed by atoms with van der Waals surface area (Å²) in [7, 11) is 0. The molecule has 2 unspecified atom stereocenters. The molecule has 0 amide bonds. The lowest BCUT2D eigenvalue weighted by Gasteiger charge is -2.04. The summed E-state index contributed by atoms with van der Waals surface area (Å²) in [5.74, 6) is 0.651. The molecule has 0 aromatic carbocycles. The Bertz CT molecular complexity index is 172. The molecule has 1 aliphatic rings. The summed E-state index contributed by atoms with van der Waals surface area (Å²) in [6, 6.07) is 0.0268. The lowest BCUT2D eigenvalue weighted by Crippen LogP contribution is -2.21. The molecule has 2 heteroatoms. The Kier molecular flexibility index (Phi) is 2.06. The maximum atomic E-state index is 11.4. The molecule has 0 bridgehead atoms. The number of rotatable bonds is 3. The summed E-state index contributed by atoms with van der Waals surface area (Å²) in [6.45, 7) is 6.15. The number of hydrogen-bond donors (Lipinski definition) is 1. The Balaban J connectivity index is 2.34. The Morgan fingerprint density at radius 2 is 2.18 bits per heavy atom. The molecule has 1 aliphatic carbocycles. The smallest absolute Gasteiger partial charge is 0.138 e. The van der Waals surface area contributed by atoms with Gasteiger partial charge in [-0.05, 0) is 18.8 Å². The van der Waals surface area contributed by atoms with Crippen molar-refractivity contribution in [3.63, 3.8) is 0 Å². The van der Waals surface area contributed by atoms with E-state index in [1.165, 1.54) is 0 Å². The van der Waals surface area contributed by atoms with Crippen molar-refractivity contribution in [3.8, 4) is 0 Å². The molecule has 2 N–H and O–H groups in total. The van der Waals surface area contributed by atoms with Crippen molar-refractivity contribution >= 4 is 5.78 Å². The number of nitrogens with two attached hydrogens (primary N) is 1. The van der Waals surface area contributed by atoms with Gasteiger partial charge in [0.05, 0.1) is 0 Å². The summed E-state index contributed by atoms with van der Waals surface area (Å²) < 4.78 is 0. The monoisotopic (exact) mass is 155 g/mol. The van der Waals surface area contributed by atoms with Gasteiger partial charge in [-0.15, -0.1) is 0 Å². The molecule has 0 spiro atoms. The quantitative estimate of drug-likeness (QED) is 0.668. The van der Waals surface area contributed by atoms with Gasteiger partial charge in [-0.25, -0.2) is 0 Å². The Morgan fingerprint density at radius 3 is 2.45 bits per heavy atom. The largest absolute Gasteiger partial charge is 0.328 e. The summed E-state index contributed by atoms with van der Waals surface area (Å²) >= 11 is 0. The minimum absolute atomic E-state index is 0.0268. The summed E-state index contributed by atoms with van der Waals surface area (Å²) in [4.78, 5) is 11.4. The molecule has 64 valence electrons. The van der Waals surface area contributed by atoms with Crippen LogP contribution in [0.25, 0.3) is 0 Å². The molecule has 0 aromatic rings. The molecule has 1 saturated carbocycles. The Labute approximate surface area is 68.2 Å². The van der Waals surface area contributed by atoms with E-state index in [2.05, 4.69) is 13.8 Å². The van der Waals surface area contributed by atoms with Crippen LogP contribution >= 0.6 is 0 Å². The minimum Gasteiger partial charge on any atom is -0.328 e. The van der Waals surface area contributed by atoms with Crippen LogP contribution in [0.4, 0.5) is 0 Å². The average Bonchev–Trinajstić information content (AvgIpc) is 2.38. The minimum atomic E-state index is 0.0268. The van der Waals surface area contributed by atoms with Gasteiger partial charge >= 0.3 is 0 Å². The van der Waals surface area contributed by atoms with Gasteiger partial charge in [-0.1, -0.05) is 13.8 Å². The summed E-state index contributed by atoms with van der Waals surface area (Å²) in [6.07, 6.45) is 1.60. The highest BCUT2D eigenvalue weighted by atomic mass is 16.1. The predicted octanol–water partition coefficient (Wildman–Crippen LogP) is 1.34. The zero-order valence-corrected chi connectivity index (χ0v) is 7.55. The standard InChI is InChI=1S/C9H17NO/c1-6(10)4-8(11)7-5-9(7,2)3/h6-7H,4-5,10H2,1-3H3. The number of Topliss-reactive ketones (excluding diaryl/α,β-unsaturated/α-hetero) is 1. The van der Waals surface area contributed by atoms with Crippen LogP contribution in [0.2, 0.25) is 0 Å². The van der Waals surface area contributed by atoms with Crippen molar-refractivity contribution in [1.29, 1.82) is 0 Å². The van der Waals surface area contributed by atoms with E-state index < -0.39 is 0 Å². The molecule has 0 saturated heterocycles. The number of ketones is 1. The molecule has 1 fully saturated rings. The lowest BCUT2D eigenvalue weighted by molar-refractivity contribution is -0.121. The highest BCUT2D eigenvalue weighted by Gasteiger charge is 2.49. The lowest BCUT2D eigenvalue weighted by atomic mass is 10.0. The molecular formula is C9H17NO. The van der Waals surface area contributed by atoms with Crippen LogP contribution in [0.15, 0.2) is 0 Å². The van der Waals surface area contributed by atoms with E-state index in [1.807, 2.05) is 6.92 Å². The molecule has 0 aliphatic heterocycles. The van der Waals surface area contributed by atoms with Crippen LogP contribution in [-0.2, 0) is 4.79 Å². The first kappa shape index (κ1) is 8.72. The second kappa shape index (κ2) is 2.59. The van der Waals surface area contributed by atoms with Crippen molar-refractivity contribution in [3.05, 3.63) is 0 Å². The Morgan fingerprint density at radius 1 is 1.73 bits per heavy atom. The average molecular weight is 155 g/mol. The van der Waals surface area contributed by atoms with E-state index in [0.717, 1.165) is 6.42 Å². The van der Waals surface area contributed by atoms with E-state index in [9.17, 15) is 4.79 Å². The zero-order chi connectivity index (χ0) is 8.65. The maximum Gasteiger partial charge on any atom is 0.138 e. The topological polar surface area (TPSA) is 43.1 Å². The van der Waals surface area contributed by atoms with E-state index in [0.29, 0.717) is 18.1 Å². The van der Waals surface area contributed by atoms with Crippen LogP contribution in [-0.4, -0.2) is 11.8 Å². The number of carbonyl (C=O) groups excluding carboxylic acids is 1. The second-order valence-electron chi connectivity index (χ2n) is 4.39. The van der Waals surface area contributed by atoms with Gasteiger partial charge in [0.2, 0.25) is 0 Å². The van der Waals surface area contributed by atoms with E-state index in [1.54, 1.807) is 0 Å². The fraction of sp³-hybridized carbons (Fsp3) is 0.889. The van der Waals surface area contributed by atoms with Gasteiger partial charge in [-0.2, -0.15) is 0 Å². The van der Waals surface area contributed by atoms with Crippen LogP contribution in [0.3, 0.4) is 0 Å². The van der Waals surface area contributed by atoms with Crippen molar-refractivity contribution < 1.29 is 4.79 Å². The fourth-order valence-corrected chi connectivity index (χ4v) is 1.48. The number of hydrogen-bond acceptors (Lipinski definition) is 2. The third kappa shape index (κ3) is 2.03. The molecule has 2 nitrogen and oxygen atoms in total. The molecule has 2 atom stereocenters. The van der Waals surface area contributed by atoms with Crippen LogP contribution in [0, 0.1) is 11.3 Å². The predicted molar refractivity (Wildman–Crippen MR) is 45.2 cm³/mol. The summed E-state index contributed by atoms with van der Waals surface area (Å²) in [5, 5.41) is 0. The van der Waals surface area contributed by atoms with Gasteiger partial charge in [0.1, 0.15) is 5.78 Å². The molecule has 0 aromatic heterocycles. The first-order valence-corrected chi connectivity index (χ1v) is 4.22. The van der Waals surface area contributed by atoms with Crippen molar-refractivity contribution in [2.45, 2.75) is 39.7 Å². The van der Waals surface area contributed by atoms with Gasteiger partial charge in [0, 0.05) is 18.4 Å².